The number of fused-ring (bicyclic) bond motifs is 2. The predicted molar refractivity (Wildman–Crippen MR) is 159 cm³/mol. The van der Waals surface area contributed by atoms with E-state index >= 15 is 0 Å². The molecule has 2 saturated heterocycles. The summed E-state index contributed by atoms with van der Waals surface area (Å²) in [4.78, 5) is 71.6. The summed E-state index contributed by atoms with van der Waals surface area (Å²) in [6.45, 7) is 0. The van der Waals surface area contributed by atoms with Gasteiger partial charge in [0.1, 0.15) is 6.04 Å². The summed E-state index contributed by atoms with van der Waals surface area (Å²) in [7, 11) is 0. The summed E-state index contributed by atoms with van der Waals surface area (Å²) in [6, 6.07) is 30.5. The zero-order valence-electron chi connectivity index (χ0n) is 22.8. The number of carbonyl (C=O) groups excluding carboxylic acids is 5. The van der Waals surface area contributed by atoms with Gasteiger partial charge in [-0.25, -0.2) is 9.91 Å². The summed E-state index contributed by atoms with van der Waals surface area (Å²) >= 11 is 0. The van der Waals surface area contributed by atoms with Crippen molar-refractivity contribution in [2.75, 3.05) is 4.90 Å². The molecule has 4 aromatic carbocycles. The zero-order valence-corrected chi connectivity index (χ0v) is 22.8. The van der Waals surface area contributed by atoms with Crippen molar-refractivity contribution in [1.82, 2.24) is 10.0 Å². The van der Waals surface area contributed by atoms with Crippen LogP contribution in [-0.2, 0) is 9.59 Å². The van der Waals surface area contributed by atoms with Gasteiger partial charge in [0.25, 0.3) is 11.8 Å². The van der Waals surface area contributed by atoms with Crippen LogP contribution in [0, 0.1) is 11.8 Å². The third-order valence-corrected chi connectivity index (χ3v) is 8.33. The maximum Gasteiger partial charge on any atom is 0.276 e. The van der Waals surface area contributed by atoms with Crippen LogP contribution >= 0.6 is 0 Å². The molecule has 7 rings (SSSR count). The van der Waals surface area contributed by atoms with Gasteiger partial charge in [0, 0.05) is 5.56 Å². The lowest BCUT2D eigenvalue weighted by Gasteiger charge is -2.36. The number of anilines is 1. The summed E-state index contributed by atoms with van der Waals surface area (Å²) in [5, 5.41) is 2.34. The molecule has 4 atom stereocenters. The lowest BCUT2D eigenvalue weighted by atomic mass is 9.86. The number of Topliss-reactive ketones (excluding diaryl/α,β-unsaturated/α-hetero) is 1. The summed E-state index contributed by atoms with van der Waals surface area (Å²) in [6.07, 6.45) is 3.50. The number of nitrogens with zero attached hydrogens (tertiary/aromatic N) is 3. The molecule has 0 unspecified atom stereocenters. The second-order valence-electron chi connectivity index (χ2n) is 10.7. The first-order valence-corrected chi connectivity index (χ1v) is 14.0. The van der Waals surface area contributed by atoms with E-state index < -0.39 is 53.3 Å². The first-order chi connectivity index (χ1) is 21.0. The topological polar surface area (TPSA) is 95.1 Å². The molecule has 8 nitrogen and oxygen atoms in total. The Kier molecular flexibility index (Phi) is 6.40. The number of hydrogen-bond acceptors (Lipinski definition) is 6. The van der Waals surface area contributed by atoms with E-state index in [1.54, 1.807) is 97.1 Å². The number of hydrogen-bond donors (Lipinski definition) is 0. The van der Waals surface area contributed by atoms with Crippen LogP contribution in [0.25, 0.3) is 6.08 Å². The smallest absolute Gasteiger partial charge is 0.276 e. The second-order valence-corrected chi connectivity index (χ2v) is 10.7. The molecular weight excluding hydrogens is 542 g/mol. The Morgan fingerprint density at radius 1 is 0.605 bits per heavy atom. The van der Waals surface area contributed by atoms with Gasteiger partial charge in [-0.3, -0.25) is 24.0 Å². The zero-order chi connectivity index (χ0) is 29.7. The van der Waals surface area contributed by atoms with Gasteiger partial charge in [0.15, 0.2) is 5.78 Å². The molecule has 210 valence electrons. The van der Waals surface area contributed by atoms with Crippen LogP contribution in [-0.4, -0.2) is 51.5 Å². The van der Waals surface area contributed by atoms with Crippen LogP contribution in [0.4, 0.5) is 5.69 Å². The normalized spacial score (nSPS) is 23.3. The Balaban J connectivity index is 1.42. The Morgan fingerprint density at radius 2 is 1.12 bits per heavy atom. The minimum atomic E-state index is -1.30. The molecule has 0 aromatic heterocycles. The Labute approximate surface area is 247 Å². The van der Waals surface area contributed by atoms with E-state index in [2.05, 4.69) is 0 Å². The minimum Gasteiger partial charge on any atom is -0.292 e. The van der Waals surface area contributed by atoms with E-state index in [0.717, 1.165) is 15.5 Å². The molecule has 0 aliphatic carbocycles. The van der Waals surface area contributed by atoms with Gasteiger partial charge in [-0.2, -0.15) is 5.01 Å². The van der Waals surface area contributed by atoms with E-state index in [1.165, 1.54) is 5.01 Å². The van der Waals surface area contributed by atoms with Crippen LogP contribution in [0.1, 0.15) is 36.6 Å². The number of amides is 4. The Morgan fingerprint density at radius 3 is 1.72 bits per heavy atom. The van der Waals surface area contributed by atoms with Crippen LogP contribution < -0.4 is 4.90 Å². The first kappa shape index (κ1) is 26.4. The maximum absolute atomic E-state index is 14.4. The highest BCUT2D eigenvalue weighted by atomic mass is 16.2. The highest BCUT2D eigenvalue weighted by Crippen LogP contribution is 2.47. The number of benzene rings is 4. The van der Waals surface area contributed by atoms with E-state index in [1.807, 2.05) is 30.3 Å². The van der Waals surface area contributed by atoms with Crippen molar-refractivity contribution >= 4 is 41.2 Å². The molecule has 2 fully saturated rings. The van der Waals surface area contributed by atoms with Crippen LogP contribution in [0.5, 0.6) is 0 Å². The minimum absolute atomic E-state index is 0.199. The van der Waals surface area contributed by atoms with Crippen LogP contribution in [0.2, 0.25) is 0 Å². The standard InChI is InChI=1S/C35H25N3O5/c39-31(23-14-6-2-7-15-23)30-29-28(34(42)36(35(29)43)24-16-8-3-9-17-24)27(21-20-22-12-4-1-5-13-22)37(30)38-32(40)25-18-10-11-19-26(25)33(38)41/h1-21,27-30H/b21-20+/t27-,28-,29-,30-/m1/s1. The van der Waals surface area contributed by atoms with E-state index in [-0.39, 0.29) is 11.1 Å². The van der Waals surface area contributed by atoms with Crippen LogP contribution in [0.3, 0.4) is 0 Å². The molecule has 3 aliphatic rings. The molecule has 4 amide bonds. The third-order valence-electron chi connectivity index (χ3n) is 8.33. The van der Waals surface area contributed by atoms with Crippen molar-refractivity contribution in [1.29, 1.82) is 0 Å². The highest BCUT2D eigenvalue weighted by molar-refractivity contribution is 6.25. The summed E-state index contributed by atoms with van der Waals surface area (Å²) in [5.41, 5.74) is 1.92. The Bertz CT molecular complexity index is 1770. The van der Waals surface area contributed by atoms with E-state index in [0.29, 0.717) is 11.3 Å². The molecule has 0 radical (unpaired) electrons. The maximum atomic E-state index is 14.4. The fourth-order valence-corrected chi connectivity index (χ4v) is 6.43. The average molecular weight is 568 g/mol. The lowest BCUT2D eigenvalue weighted by molar-refractivity contribution is -0.125. The van der Waals surface area contributed by atoms with Gasteiger partial charge in [0.2, 0.25) is 11.8 Å². The molecule has 0 bridgehead atoms. The van der Waals surface area contributed by atoms with Gasteiger partial charge in [-0.05, 0) is 29.8 Å². The highest BCUT2D eigenvalue weighted by Gasteiger charge is 2.66. The monoisotopic (exact) mass is 567 g/mol. The molecule has 4 aromatic rings. The average Bonchev–Trinajstić information content (AvgIpc) is 3.61. The SMILES string of the molecule is O=C(c1ccccc1)[C@H]1[C@@H]2C(=O)N(c3ccccc3)C(=O)[C@@H]2[C@@H](/C=C/c2ccccc2)N1N1C(=O)c2ccccc2C1=O. The predicted octanol–water partition coefficient (Wildman–Crippen LogP) is 4.65. The number of rotatable bonds is 6. The second kappa shape index (κ2) is 10.4. The number of hydrazine groups is 1. The van der Waals surface area contributed by atoms with Crippen molar-refractivity contribution in [2.24, 2.45) is 11.8 Å². The fraction of sp³-hybridized carbons (Fsp3) is 0.114. The largest absolute Gasteiger partial charge is 0.292 e. The van der Waals surface area contributed by atoms with E-state index in [9.17, 15) is 24.0 Å². The quantitative estimate of drug-likeness (QED) is 0.249. The van der Waals surface area contributed by atoms with Crippen molar-refractivity contribution in [2.45, 2.75) is 12.1 Å². The van der Waals surface area contributed by atoms with Crippen molar-refractivity contribution in [3.8, 4) is 0 Å². The van der Waals surface area contributed by atoms with Crippen molar-refractivity contribution in [3.05, 3.63) is 144 Å². The lowest BCUT2D eigenvalue weighted by Crippen LogP contribution is -2.57. The van der Waals surface area contributed by atoms with Gasteiger partial charge in [-0.1, -0.05) is 103 Å². The summed E-state index contributed by atoms with van der Waals surface area (Å²) < 4.78 is 0. The molecule has 3 heterocycles. The van der Waals surface area contributed by atoms with Gasteiger partial charge in [0.05, 0.1) is 34.7 Å². The number of ketones is 1. The summed E-state index contributed by atoms with van der Waals surface area (Å²) in [5.74, 6) is -4.89. The fourth-order valence-electron chi connectivity index (χ4n) is 6.43. The third kappa shape index (κ3) is 4.14. The molecule has 3 aliphatic heterocycles. The van der Waals surface area contributed by atoms with E-state index in [4.69, 9.17) is 0 Å². The number of para-hydroxylation sites is 1. The molecule has 0 N–H and O–H groups in total. The Hall–Kier alpha value is -5.47. The molecule has 0 saturated carbocycles. The van der Waals surface area contributed by atoms with Gasteiger partial charge in [-0.15, -0.1) is 0 Å². The van der Waals surface area contributed by atoms with Crippen LogP contribution in [0.15, 0.2) is 121 Å². The van der Waals surface area contributed by atoms with Crippen molar-refractivity contribution < 1.29 is 24.0 Å². The van der Waals surface area contributed by atoms with Gasteiger partial charge < -0.3 is 0 Å². The van der Waals surface area contributed by atoms with Gasteiger partial charge >= 0.3 is 0 Å². The number of imide groups is 2. The number of carbonyl (C=O) groups is 5. The molecule has 8 heteroatoms. The molecular formula is C35H25N3O5. The van der Waals surface area contributed by atoms with Crippen molar-refractivity contribution in [3.63, 3.8) is 0 Å². The molecule has 0 spiro atoms. The molecule has 43 heavy (non-hydrogen) atoms. The first-order valence-electron chi connectivity index (χ1n) is 14.0.